The minimum Gasteiger partial charge on any atom is -0.311 e. The summed E-state index contributed by atoms with van der Waals surface area (Å²) in [6.07, 6.45) is 3.37. The standard InChI is InChI=1S/C19H19NO/c1-2-15(16-8-4-3-5-9-16)14-20-18-11-7-6-10-17(18)12-13-19(20)21/h2-11,15H,1,12-14H2/t15-/m1/s1. The molecule has 106 valence electrons. The lowest BCUT2D eigenvalue weighted by atomic mass is 9.95. The zero-order chi connectivity index (χ0) is 14.7. The van der Waals surface area contributed by atoms with Gasteiger partial charge in [0.1, 0.15) is 0 Å². The van der Waals surface area contributed by atoms with Gasteiger partial charge in [-0.25, -0.2) is 0 Å². The Morgan fingerprint density at radius 1 is 1.05 bits per heavy atom. The predicted molar refractivity (Wildman–Crippen MR) is 86.5 cm³/mol. The van der Waals surface area contributed by atoms with Crippen LogP contribution in [0.4, 0.5) is 5.69 Å². The molecule has 0 radical (unpaired) electrons. The van der Waals surface area contributed by atoms with Gasteiger partial charge in [-0.05, 0) is 23.6 Å². The van der Waals surface area contributed by atoms with Crippen molar-refractivity contribution >= 4 is 11.6 Å². The van der Waals surface area contributed by atoms with E-state index in [4.69, 9.17) is 0 Å². The van der Waals surface area contributed by atoms with E-state index in [0.717, 1.165) is 12.1 Å². The van der Waals surface area contributed by atoms with Crippen molar-refractivity contribution in [3.8, 4) is 0 Å². The Labute approximate surface area is 125 Å². The first-order valence-electron chi connectivity index (χ1n) is 7.35. The van der Waals surface area contributed by atoms with Gasteiger partial charge in [0.15, 0.2) is 0 Å². The Bertz CT molecular complexity index is 648. The van der Waals surface area contributed by atoms with Gasteiger partial charge in [0.05, 0.1) is 0 Å². The average Bonchev–Trinajstić information content (AvgIpc) is 2.55. The fourth-order valence-corrected chi connectivity index (χ4v) is 2.91. The van der Waals surface area contributed by atoms with Gasteiger partial charge in [-0.3, -0.25) is 4.79 Å². The smallest absolute Gasteiger partial charge is 0.227 e. The molecule has 0 saturated carbocycles. The van der Waals surface area contributed by atoms with E-state index in [1.54, 1.807) is 0 Å². The normalized spacial score (nSPS) is 15.4. The third-order valence-electron chi connectivity index (χ3n) is 4.08. The summed E-state index contributed by atoms with van der Waals surface area (Å²) in [5.74, 6) is 0.359. The maximum Gasteiger partial charge on any atom is 0.227 e. The van der Waals surface area contributed by atoms with Crippen LogP contribution in [0.15, 0.2) is 67.3 Å². The Balaban J connectivity index is 1.90. The summed E-state index contributed by atoms with van der Waals surface area (Å²) < 4.78 is 0. The summed E-state index contributed by atoms with van der Waals surface area (Å²) in [5.41, 5.74) is 3.51. The van der Waals surface area contributed by atoms with E-state index < -0.39 is 0 Å². The van der Waals surface area contributed by atoms with Crippen molar-refractivity contribution < 1.29 is 4.79 Å². The second-order valence-corrected chi connectivity index (χ2v) is 5.39. The monoisotopic (exact) mass is 277 g/mol. The lowest BCUT2D eigenvalue weighted by molar-refractivity contribution is -0.118. The highest BCUT2D eigenvalue weighted by Crippen LogP contribution is 2.30. The molecule has 1 heterocycles. The SMILES string of the molecule is C=C[C@H](CN1C(=O)CCc2ccccc21)c1ccccc1. The molecule has 21 heavy (non-hydrogen) atoms. The summed E-state index contributed by atoms with van der Waals surface area (Å²) >= 11 is 0. The van der Waals surface area contributed by atoms with Crippen molar-refractivity contribution in [2.24, 2.45) is 0 Å². The van der Waals surface area contributed by atoms with E-state index in [2.05, 4.69) is 24.8 Å². The maximum absolute atomic E-state index is 12.3. The molecule has 0 unspecified atom stereocenters. The first-order chi connectivity index (χ1) is 10.3. The summed E-state index contributed by atoms with van der Waals surface area (Å²) in [6.45, 7) is 4.60. The summed E-state index contributed by atoms with van der Waals surface area (Å²) in [4.78, 5) is 14.2. The van der Waals surface area contributed by atoms with E-state index in [-0.39, 0.29) is 11.8 Å². The number of rotatable bonds is 4. The second-order valence-electron chi connectivity index (χ2n) is 5.39. The van der Waals surface area contributed by atoms with Gasteiger partial charge in [-0.2, -0.15) is 0 Å². The molecule has 3 rings (SSSR count). The van der Waals surface area contributed by atoms with Crippen molar-refractivity contribution in [2.45, 2.75) is 18.8 Å². The Kier molecular flexibility index (Phi) is 3.87. The van der Waals surface area contributed by atoms with Crippen LogP contribution in [0.2, 0.25) is 0 Å². The first-order valence-corrected chi connectivity index (χ1v) is 7.35. The van der Waals surface area contributed by atoms with Gasteiger partial charge in [-0.15, -0.1) is 6.58 Å². The lowest BCUT2D eigenvalue weighted by Gasteiger charge is -2.31. The van der Waals surface area contributed by atoms with E-state index in [1.807, 2.05) is 47.4 Å². The minimum absolute atomic E-state index is 0.154. The molecule has 0 bridgehead atoms. The zero-order valence-corrected chi connectivity index (χ0v) is 12.0. The van der Waals surface area contributed by atoms with Crippen LogP contribution >= 0.6 is 0 Å². The van der Waals surface area contributed by atoms with Crippen LogP contribution in [-0.2, 0) is 11.2 Å². The fraction of sp³-hybridized carbons (Fsp3) is 0.211. The largest absolute Gasteiger partial charge is 0.311 e. The molecule has 0 aromatic heterocycles. The Hall–Kier alpha value is -2.35. The van der Waals surface area contributed by atoms with Gasteiger partial charge in [0, 0.05) is 24.6 Å². The Morgan fingerprint density at radius 2 is 1.76 bits per heavy atom. The van der Waals surface area contributed by atoms with Crippen molar-refractivity contribution in [3.05, 3.63) is 78.4 Å². The molecule has 1 amide bonds. The topological polar surface area (TPSA) is 20.3 Å². The minimum atomic E-state index is 0.154. The molecule has 2 nitrogen and oxygen atoms in total. The highest BCUT2D eigenvalue weighted by Gasteiger charge is 2.25. The quantitative estimate of drug-likeness (QED) is 0.775. The summed E-state index contributed by atoms with van der Waals surface area (Å²) in [6, 6.07) is 18.4. The maximum atomic E-state index is 12.3. The van der Waals surface area contributed by atoms with Crippen LogP contribution in [-0.4, -0.2) is 12.5 Å². The van der Waals surface area contributed by atoms with E-state index >= 15 is 0 Å². The van der Waals surface area contributed by atoms with Crippen LogP contribution < -0.4 is 4.90 Å². The third kappa shape index (κ3) is 2.75. The number of hydrogen-bond acceptors (Lipinski definition) is 1. The molecule has 0 fully saturated rings. The fourth-order valence-electron chi connectivity index (χ4n) is 2.91. The highest BCUT2D eigenvalue weighted by atomic mass is 16.2. The molecule has 2 aromatic rings. The predicted octanol–water partition coefficient (Wildman–Crippen LogP) is 3.94. The van der Waals surface area contributed by atoms with Gasteiger partial charge < -0.3 is 4.90 Å². The molecular weight excluding hydrogens is 258 g/mol. The molecule has 1 aliphatic rings. The van der Waals surface area contributed by atoms with Gasteiger partial charge in [0.25, 0.3) is 0 Å². The molecule has 0 spiro atoms. The van der Waals surface area contributed by atoms with E-state index in [9.17, 15) is 4.79 Å². The van der Waals surface area contributed by atoms with Crippen molar-refractivity contribution in [1.82, 2.24) is 0 Å². The van der Waals surface area contributed by atoms with E-state index in [1.165, 1.54) is 11.1 Å². The molecule has 0 N–H and O–H groups in total. The number of para-hydroxylation sites is 1. The van der Waals surface area contributed by atoms with Crippen molar-refractivity contribution in [2.75, 3.05) is 11.4 Å². The number of carbonyl (C=O) groups excluding carboxylic acids is 1. The number of benzene rings is 2. The molecule has 0 saturated heterocycles. The molecule has 0 aliphatic carbocycles. The number of anilines is 1. The van der Waals surface area contributed by atoms with Crippen LogP contribution in [0, 0.1) is 0 Å². The van der Waals surface area contributed by atoms with Crippen LogP contribution in [0.25, 0.3) is 0 Å². The van der Waals surface area contributed by atoms with Gasteiger partial charge in [-0.1, -0.05) is 54.6 Å². The average molecular weight is 277 g/mol. The van der Waals surface area contributed by atoms with Gasteiger partial charge >= 0.3 is 0 Å². The molecule has 2 heteroatoms. The second kappa shape index (κ2) is 5.96. The number of amides is 1. The third-order valence-corrected chi connectivity index (χ3v) is 4.08. The zero-order valence-electron chi connectivity index (χ0n) is 12.0. The van der Waals surface area contributed by atoms with Crippen LogP contribution in [0.1, 0.15) is 23.5 Å². The number of fused-ring (bicyclic) bond motifs is 1. The number of hydrogen-bond donors (Lipinski definition) is 0. The van der Waals surface area contributed by atoms with Crippen LogP contribution in [0.3, 0.4) is 0 Å². The Morgan fingerprint density at radius 3 is 2.52 bits per heavy atom. The summed E-state index contributed by atoms with van der Waals surface area (Å²) in [5, 5.41) is 0. The molecular formula is C19H19NO. The number of aryl methyl sites for hydroxylation is 1. The van der Waals surface area contributed by atoms with Gasteiger partial charge in [0.2, 0.25) is 5.91 Å². The first kappa shape index (κ1) is 13.6. The lowest BCUT2D eigenvalue weighted by Crippen LogP contribution is -2.37. The molecule has 1 aliphatic heterocycles. The number of nitrogens with zero attached hydrogens (tertiary/aromatic N) is 1. The van der Waals surface area contributed by atoms with Crippen molar-refractivity contribution in [1.29, 1.82) is 0 Å². The number of carbonyl (C=O) groups is 1. The molecule has 2 aromatic carbocycles. The molecule has 1 atom stereocenters. The van der Waals surface area contributed by atoms with Crippen LogP contribution in [0.5, 0.6) is 0 Å². The highest BCUT2D eigenvalue weighted by molar-refractivity contribution is 5.96. The summed E-state index contributed by atoms with van der Waals surface area (Å²) in [7, 11) is 0. The van der Waals surface area contributed by atoms with Crippen molar-refractivity contribution in [3.63, 3.8) is 0 Å². The van der Waals surface area contributed by atoms with E-state index in [0.29, 0.717) is 13.0 Å².